The molecule has 0 aromatic carbocycles. The largest absolute Gasteiger partial charge is 0.390 e. The van der Waals surface area contributed by atoms with Crippen LogP contribution >= 0.6 is 0 Å². The van der Waals surface area contributed by atoms with Crippen molar-refractivity contribution in [1.29, 1.82) is 0 Å². The molecule has 1 aliphatic heterocycles. The molecule has 2 rings (SSSR count). The van der Waals surface area contributed by atoms with Gasteiger partial charge in [-0.05, 0) is 26.3 Å². The Morgan fingerprint density at radius 3 is 2.88 bits per heavy atom. The fraction of sp³-hybridized carbons (Fsp3) is 0.615. The van der Waals surface area contributed by atoms with E-state index in [-0.39, 0.29) is 11.8 Å². The number of rotatable bonds is 1. The number of aromatic amines is 1. The van der Waals surface area contributed by atoms with Crippen molar-refractivity contribution in [1.82, 2.24) is 9.88 Å². The second-order valence-electron chi connectivity index (χ2n) is 5.28. The number of nitrogens with one attached hydrogen (secondary N) is 1. The number of nitrogens with zero attached hydrogens (tertiary/aromatic N) is 1. The number of hydrogen-bond acceptors (Lipinski definition) is 2. The average Bonchev–Trinajstić information content (AvgIpc) is 2.68. The minimum atomic E-state index is -0.649. The number of H-pyrrole nitrogens is 1. The van der Waals surface area contributed by atoms with Crippen LogP contribution in [0.2, 0.25) is 0 Å². The molecule has 4 heteroatoms. The van der Waals surface area contributed by atoms with E-state index in [4.69, 9.17) is 0 Å². The summed E-state index contributed by atoms with van der Waals surface area (Å²) in [6.45, 7) is 6.98. The number of aryl methyl sites for hydroxylation is 1. The lowest BCUT2D eigenvalue weighted by Gasteiger charge is -2.41. The maximum absolute atomic E-state index is 12.3. The van der Waals surface area contributed by atoms with Gasteiger partial charge >= 0.3 is 0 Å². The van der Waals surface area contributed by atoms with Crippen LogP contribution in [0.4, 0.5) is 0 Å². The van der Waals surface area contributed by atoms with Gasteiger partial charge in [0.15, 0.2) is 0 Å². The molecule has 0 radical (unpaired) electrons. The van der Waals surface area contributed by atoms with E-state index in [1.54, 1.807) is 6.20 Å². The number of carbonyl (C=O) groups is 1. The lowest BCUT2D eigenvalue weighted by molar-refractivity contribution is -0.0439. The third kappa shape index (κ3) is 2.22. The van der Waals surface area contributed by atoms with E-state index in [1.165, 1.54) is 0 Å². The van der Waals surface area contributed by atoms with Gasteiger partial charge in [0.2, 0.25) is 0 Å². The fourth-order valence-electron chi connectivity index (χ4n) is 2.27. The molecule has 94 valence electrons. The summed E-state index contributed by atoms with van der Waals surface area (Å²) in [6.07, 6.45) is 2.43. The normalized spacial score (nSPS) is 29.4. The highest BCUT2D eigenvalue weighted by atomic mass is 16.3. The van der Waals surface area contributed by atoms with Crippen LogP contribution in [0.15, 0.2) is 12.3 Å². The zero-order chi connectivity index (χ0) is 12.6. The average molecular weight is 236 g/mol. The van der Waals surface area contributed by atoms with Crippen LogP contribution in [-0.4, -0.2) is 39.6 Å². The van der Waals surface area contributed by atoms with E-state index in [0.29, 0.717) is 19.5 Å². The Bertz CT molecular complexity index is 423. The predicted molar refractivity (Wildman–Crippen MR) is 65.8 cm³/mol. The first-order valence-electron chi connectivity index (χ1n) is 6.07. The zero-order valence-corrected chi connectivity index (χ0v) is 10.7. The minimum absolute atomic E-state index is 0.0612. The van der Waals surface area contributed by atoms with Gasteiger partial charge in [-0.15, -0.1) is 0 Å². The molecule has 4 nitrogen and oxygen atoms in total. The molecule has 1 amide bonds. The Kier molecular flexibility index (Phi) is 3.00. The third-order valence-corrected chi connectivity index (χ3v) is 3.92. The highest BCUT2D eigenvalue weighted by molar-refractivity contribution is 5.95. The van der Waals surface area contributed by atoms with E-state index in [0.717, 1.165) is 11.3 Å². The summed E-state index contributed by atoms with van der Waals surface area (Å²) < 4.78 is 0. The van der Waals surface area contributed by atoms with Crippen molar-refractivity contribution >= 4 is 5.91 Å². The van der Waals surface area contributed by atoms with Crippen LogP contribution in [0, 0.1) is 12.8 Å². The summed E-state index contributed by atoms with van der Waals surface area (Å²) in [7, 11) is 0. The smallest absolute Gasteiger partial charge is 0.255 e. The molecule has 2 atom stereocenters. The number of aromatic nitrogens is 1. The number of likely N-dealkylation sites (tertiary alicyclic amines) is 1. The van der Waals surface area contributed by atoms with Gasteiger partial charge in [-0.2, -0.15) is 0 Å². The first-order chi connectivity index (χ1) is 7.92. The highest BCUT2D eigenvalue weighted by Gasteiger charge is 2.36. The summed E-state index contributed by atoms with van der Waals surface area (Å²) in [5.74, 6) is 0.172. The molecule has 1 aromatic heterocycles. The Morgan fingerprint density at radius 2 is 2.35 bits per heavy atom. The first kappa shape index (κ1) is 12.2. The molecule has 2 heterocycles. The van der Waals surface area contributed by atoms with Crippen LogP contribution in [0.3, 0.4) is 0 Å². The Morgan fingerprint density at radius 1 is 1.65 bits per heavy atom. The van der Waals surface area contributed by atoms with Crippen LogP contribution in [0.25, 0.3) is 0 Å². The third-order valence-electron chi connectivity index (χ3n) is 3.92. The van der Waals surface area contributed by atoms with Gasteiger partial charge in [0.25, 0.3) is 5.91 Å². The molecule has 0 bridgehead atoms. The van der Waals surface area contributed by atoms with Crippen molar-refractivity contribution in [2.45, 2.75) is 32.8 Å². The summed E-state index contributed by atoms with van der Waals surface area (Å²) in [6, 6.07) is 1.81. The summed E-state index contributed by atoms with van der Waals surface area (Å²) >= 11 is 0. The molecule has 0 unspecified atom stereocenters. The zero-order valence-electron chi connectivity index (χ0n) is 10.7. The van der Waals surface area contributed by atoms with Crippen molar-refractivity contribution in [2.24, 2.45) is 5.92 Å². The van der Waals surface area contributed by atoms with Crippen molar-refractivity contribution in [3.05, 3.63) is 23.5 Å². The first-order valence-corrected chi connectivity index (χ1v) is 6.07. The summed E-state index contributed by atoms with van der Waals surface area (Å²) in [5, 5.41) is 10.1. The monoisotopic (exact) mass is 236 g/mol. The van der Waals surface area contributed by atoms with E-state index in [9.17, 15) is 9.90 Å². The topological polar surface area (TPSA) is 56.3 Å². The Hall–Kier alpha value is -1.29. The molecule has 17 heavy (non-hydrogen) atoms. The number of piperidine rings is 1. The quantitative estimate of drug-likeness (QED) is 0.777. The molecule has 0 aliphatic carbocycles. The van der Waals surface area contributed by atoms with E-state index in [1.807, 2.05) is 31.7 Å². The molecule has 1 saturated heterocycles. The van der Waals surface area contributed by atoms with Gasteiger partial charge in [0.1, 0.15) is 0 Å². The SMILES string of the molecule is Cc1[nH]ccc1C(=O)N1CC[C@@](C)(O)[C@@H](C)C1. The lowest BCUT2D eigenvalue weighted by atomic mass is 9.84. The van der Waals surface area contributed by atoms with Gasteiger partial charge < -0.3 is 15.0 Å². The van der Waals surface area contributed by atoms with Gasteiger partial charge in [-0.25, -0.2) is 0 Å². The van der Waals surface area contributed by atoms with Crippen molar-refractivity contribution in [3.63, 3.8) is 0 Å². The van der Waals surface area contributed by atoms with E-state index in [2.05, 4.69) is 4.98 Å². The summed E-state index contributed by atoms with van der Waals surface area (Å²) in [4.78, 5) is 17.1. The van der Waals surface area contributed by atoms with Gasteiger partial charge in [0, 0.05) is 30.9 Å². The minimum Gasteiger partial charge on any atom is -0.390 e. The molecular weight excluding hydrogens is 216 g/mol. The van der Waals surface area contributed by atoms with Gasteiger partial charge in [-0.3, -0.25) is 4.79 Å². The second-order valence-corrected chi connectivity index (χ2v) is 5.28. The van der Waals surface area contributed by atoms with Gasteiger partial charge in [-0.1, -0.05) is 6.92 Å². The van der Waals surface area contributed by atoms with Crippen LogP contribution < -0.4 is 0 Å². The maximum atomic E-state index is 12.3. The van der Waals surface area contributed by atoms with Crippen molar-refractivity contribution in [3.8, 4) is 0 Å². The predicted octanol–water partition coefficient (Wildman–Crippen LogP) is 1.56. The molecule has 1 aliphatic rings. The lowest BCUT2D eigenvalue weighted by Crippen LogP contribution is -2.50. The standard InChI is InChI=1S/C13H20N2O2/c1-9-8-15(7-5-13(9,3)17)12(16)11-4-6-14-10(11)2/h4,6,9,14,17H,5,7-8H2,1-3H3/t9-,13+/m0/s1. The Balaban J connectivity index is 2.11. The highest BCUT2D eigenvalue weighted by Crippen LogP contribution is 2.28. The molecule has 0 saturated carbocycles. The molecular formula is C13H20N2O2. The van der Waals surface area contributed by atoms with Crippen molar-refractivity contribution in [2.75, 3.05) is 13.1 Å². The van der Waals surface area contributed by atoms with E-state index >= 15 is 0 Å². The molecule has 1 aromatic rings. The summed E-state index contributed by atoms with van der Waals surface area (Å²) in [5.41, 5.74) is 0.989. The van der Waals surface area contributed by atoms with Crippen LogP contribution in [0.5, 0.6) is 0 Å². The molecule has 2 N–H and O–H groups in total. The van der Waals surface area contributed by atoms with Gasteiger partial charge in [0.05, 0.1) is 11.2 Å². The maximum Gasteiger partial charge on any atom is 0.255 e. The fourth-order valence-corrected chi connectivity index (χ4v) is 2.27. The van der Waals surface area contributed by atoms with E-state index < -0.39 is 5.60 Å². The van der Waals surface area contributed by atoms with Crippen molar-refractivity contribution < 1.29 is 9.90 Å². The van der Waals surface area contributed by atoms with Crippen LogP contribution in [0.1, 0.15) is 36.3 Å². The molecule has 0 spiro atoms. The molecule has 1 fully saturated rings. The van der Waals surface area contributed by atoms with Crippen LogP contribution in [-0.2, 0) is 0 Å². The number of aliphatic hydroxyl groups is 1. The Labute approximate surface area is 102 Å². The number of amides is 1. The number of hydrogen-bond donors (Lipinski definition) is 2. The number of carbonyl (C=O) groups excluding carboxylic acids is 1. The second kappa shape index (κ2) is 4.18.